The molecule has 0 aliphatic heterocycles. The number of aryl methyl sites for hydroxylation is 2. The molecule has 1 heterocycles. The third kappa shape index (κ3) is 2.70. The van der Waals surface area contributed by atoms with Crippen molar-refractivity contribution >= 4 is 21.8 Å². The summed E-state index contributed by atoms with van der Waals surface area (Å²) in [7, 11) is 0. The summed E-state index contributed by atoms with van der Waals surface area (Å²) in [6.45, 7) is 6.71. The Hall–Kier alpha value is -1.82. The predicted molar refractivity (Wildman–Crippen MR) is 82.2 cm³/mol. The minimum atomic E-state index is 0.119. The molecule has 2 rings (SSSR count). The number of rotatable bonds is 3. The van der Waals surface area contributed by atoms with Crippen LogP contribution in [-0.2, 0) is 6.54 Å². The number of nitrogens with zero attached hydrogens (tertiary/aromatic N) is 3. The molecular weight excluding hydrogens is 320 g/mol. The zero-order valence-corrected chi connectivity index (χ0v) is 13.3. The molecule has 106 valence electrons. The van der Waals surface area contributed by atoms with Gasteiger partial charge in [0, 0.05) is 5.56 Å². The minimum Gasteiger partial charge on any atom is -0.409 e. The van der Waals surface area contributed by atoms with Crippen LogP contribution in [0.3, 0.4) is 0 Å². The van der Waals surface area contributed by atoms with E-state index in [1.807, 2.05) is 43.7 Å². The Kier molecular flexibility index (Phi) is 4.13. The van der Waals surface area contributed by atoms with Crippen molar-refractivity contribution < 1.29 is 5.21 Å². The standard InChI is InChI=1S/C14H17BrN4O/c1-8-6-11(14(16)18-20)4-5-12(8)7-19-10(3)13(15)9(2)17-19/h4-6,20H,7H2,1-3H3,(H2,16,18). The van der Waals surface area contributed by atoms with Crippen molar-refractivity contribution in [1.82, 2.24) is 9.78 Å². The first-order valence-electron chi connectivity index (χ1n) is 6.21. The Labute approximate surface area is 126 Å². The van der Waals surface area contributed by atoms with Gasteiger partial charge in [-0.1, -0.05) is 17.3 Å². The average Bonchev–Trinajstić information content (AvgIpc) is 2.67. The zero-order valence-electron chi connectivity index (χ0n) is 11.7. The van der Waals surface area contributed by atoms with Crippen LogP contribution in [0.1, 0.15) is 28.1 Å². The van der Waals surface area contributed by atoms with Gasteiger partial charge in [0.15, 0.2) is 5.84 Å². The normalized spacial score (nSPS) is 11.9. The van der Waals surface area contributed by atoms with Gasteiger partial charge in [-0.2, -0.15) is 5.10 Å². The molecule has 6 heteroatoms. The van der Waals surface area contributed by atoms with Gasteiger partial charge in [0.2, 0.25) is 0 Å². The Morgan fingerprint density at radius 3 is 2.60 bits per heavy atom. The van der Waals surface area contributed by atoms with E-state index >= 15 is 0 Å². The molecule has 0 saturated heterocycles. The van der Waals surface area contributed by atoms with Crippen LogP contribution < -0.4 is 5.73 Å². The lowest BCUT2D eigenvalue weighted by Crippen LogP contribution is -2.14. The molecule has 3 N–H and O–H groups in total. The van der Waals surface area contributed by atoms with Crippen molar-refractivity contribution in [3.63, 3.8) is 0 Å². The molecule has 0 fully saturated rings. The van der Waals surface area contributed by atoms with E-state index in [1.165, 1.54) is 0 Å². The fourth-order valence-electron chi connectivity index (χ4n) is 2.08. The van der Waals surface area contributed by atoms with Crippen LogP contribution in [0.4, 0.5) is 0 Å². The maximum atomic E-state index is 8.70. The van der Waals surface area contributed by atoms with E-state index in [1.54, 1.807) is 0 Å². The van der Waals surface area contributed by atoms with Crippen molar-refractivity contribution in [2.75, 3.05) is 0 Å². The fraction of sp³-hybridized carbons (Fsp3) is 0.286. The van der Waals surface area contributed by atoms with E-state index in [0.29, 0.717) is 12.1 Å². The van der Waals surface area contributed by atoms with Crippen LogP contribution in [0, 0.1) is 20.8 Å². The van der Waals surface area contributed by atoms with E-state index in [4.69, 9.17) is 10.9 Å². The highest BCUT2D eigenvalue weighted by Crippen LogP contribution is 2.21. The summed E-state index contributed by atoms with van der Waals surface area (Å²) in [4.78, 5) is 0. The highest BCUT2D eigenvalue weighted by Gasteiger charge is 2.10. The Morgan fingerprint density at radius 1 is 1.40 bits per heavy atom. The quantitative estimate of drug-likeness (QED) is 0.391. The van der Waals surface area contributed by atoms with E-state index in [2.05, 4.69) is 26.2 Å². The Morgan fingerprint density at radius 2 is 2.10 bits per heavy atom. The lowest BCUT2D eigenvalue weighted by Gasteiger charge is -2.09. The summed E-state index contributed by atoms with van der Waals surface area (Å²) < 4.78 is 3.01. The molecule has 0 radical (unpaired) electrons. The van der Waals surface area contributed by atoms with Crippen molar-refractivity contribution in [2.45, 2.75) is 27.3 Å². The van der Waals surface area contributed by atoms with Gasteiger partial charge < -0.3 is 10.9 Å². The molecule has 20 heavy (non-hydrogen) atoms. The maximum absolute atomic E-state index is 8.70. The molecule has 0 aliphatic rings. The van der Waals surface area contributed by atoms with E-state index in [-0.39, 0.29) is 5.84 Å². The number of hydrogen-bond acceptors (Lipinski definition) is 3. The van der Waals surface area contributed by atoms with Gasteiger partial charge in [-0.3, -0.25) is 4.68 Å². The third-order valence-electron chi connectivity index (χ3n) is 3.36. The topological polar surface area (TPSA) is 76.4 Å². The van der Waals surface area contributed by atoms with Crippen LogP contribution in [0.15, 0.2) is 27.8 Å². The van der Waals surface area contributed by atoms with Gasteiger partial charge in [-0.15, -0.1) is 0 Å². The summed E-state index contributed by atoms with van der Waals surface area (Å²) in [5, 5.41) is 16.2. The minimum absolute atomic E-state index is 0.119. The number of amidine groups is 1. The molecular formula is C14H17BrN4O. The molecule has 5 nitrogen and oxygen atoms in total. The summed E-state index contributed by atoms with van der Waals surface area (Å²) in [6, 6.07) is 5.73. The second-order valence-electron chi connectivity index (χ2n) is 4.77. The van der Waals surface area contributed by atoms with Gasteiger partial charge in [-0.05, 0) is 53.9 Å². The van der Waals surface area contributed by atoms with E-state index in [0.717, 1.165) is 27.0 Å². The van der Waals surface area contributed by atoms with Crippen LogP contribution in [0.5, 0.6) is 0 Å². The average molecular weight is 337 g/mol. The van der Waals surface area contributed by atoms with E-state index < -0.39 is 0 Å². The lowest BCUT2D eigenvalue weighted by atomic mass is 10.0. The van der Waals surface area contributed by atoms with Crippen LogP contribution in [0.25, 0.3) is 0 Å². The molecule has 0 amide bonds. The van der Waals surface area contributed by atoms with Gasteiger partial charge in [-0.25, -0.2) is 0 Å². The van der Waals surface area contributed by atoms with E-state index in [9.17, 15) is 0 Å². The maximum Gasteiger partial charge on any atom is 0.170 e. The number of benzene rings is 1. The summed E-state index contributed by atoms with van der Waals surface area (Å²) in [6.07, 6.45) is 0. The molecule has 1 aromatic heterocycles. The second-order valence-corrected chi connectivity index (χ2v) is 5.56. The first kappa shape index (κ1) is 14.6. The highest BCUT2D eigenvalue weighted by molar-refractivity contribution is 9.10. The van der Waals surface area contributed by atoms with Crippen LogP contribution in [0.2, 0.25) is 0 Å². The number of oxime groups is 1. The zero-order chi connectivity index (χ0) is 14.9. The molecule has 2 aromatic rings. The molecule has 0 saturated carbocycles. The first-order chi connectivity index (χ1) is 9.43. The smallest absolute Gasteiger partial charge is 0.170 e. The summed E-state index contributed by atoms with van der Waals surface area (Å²) in [5.41, 5.74) is 10.6. The molecule has 0 atom stereocenters. The largest absolute Gasteiger partial charge is 0.409 e. The van der Waals surface area contributed by atoms with Crippen LogP contribution >= 0.6 is 15.9 Å². The van der Waals surface area contributed by atoms with Crippen molar-refractivity contribution in [2.24, 2.45) is 10.9 Å². The third-order valence-corrected chi connectivity index (χ3v) is 4.51. The van der Waals surface area contributed by atoms with Crippen molar-refractivity contribution in [3.05, 3.63) is 50.8 Å². The first-order valence-corrected chi connectivity index (χ1v) is 7.00. The second kappa shape index (κ2) is 5.66. The molecule has 1 aromatic carbocycles. The van der Waals surface area contributed by atoms with Gasteiger partial charge >= 0.3 is 0 Å². The van der Waals surface area contributed by atoms with Crippen molar-refractivity contribution in [1.29, 1.82) is 0 Å². The Bertz CT molecular complexity index is 676. The van der Waals surface area contributed by atoms with Gasteiger partial charge in [0.1, 0.15) is 0 Å². The van der Waals surface area contributed by atoms with Gasteiger partial charge in [0.05, 0.1) is 22.4 Å². The molecule has 0 spiro atoms. The van der Waals surface area contributed by atoms with Gasteiger partial charge in [0.25, 0.3) is 0 Å². The molecule has 0 bridgehead atoms. The number of aromatic nitrogens is 2. The number of nitrogens with two attached hydrogens (primary N) is 1. The van der Waals surface area contributed by atoms with Crippen LogP contribution in [-0.4, -0.2) is 20.8 Å². The fourth-order valence-corrected chi connectivity index (χ4v) is 2.36. The number of hydrogen-bond donors (Lipinski definition) is 2. The summed E-state index contributed by atoms with van der Waals surface area (Å²) >= 11 is 3.53. The molecule has 0 aliphatic carbocycles. The summed E-state index contributed by atoms with van der Waals surface area (Å²) in [5.74, 6) is 0.119. The predicted octanol–water partition coefficient (Wildman–Crippen LogP) is 2.71. The highest BCUT2D eigenvalue weighted by atomic mass is 79.9. The monoisotopic (exact) mass is 336 g/mol. The Balaban J connectivity index is 2.33. The SMILES string of the molecule is Cc1cc(/C(N)=N/O)ccc1Cn1nc(C)c(Br)c1C. The number of halogens is 1. The van der Waals surface area contributed by atoms with Crippen molar-refractivity contribution in [3.8, 4) is 0 Å². The lowest BCUT2D eigenvalue weighted by molar-refractivity contribution is 0.318. The molecule has 0 unspecified atom stereocenters.